The van der Waals surface area contributed by atoms with Crippen LogP contribution >= 0.6 is 11.3 Å². The minimum atomic E-state index is -1.69. The summed E-state index contributed by atoms with van der Waals surface area (Å²) >= 11 is 1.27. The van der Waals surface area contributed by atoms with Crippen LogP contribution in [0.25, 0.3) is 0 Å². The Hall–Kier alpha value is -2.35. The first-order chi connectivity index (χ1) is 11.7. The number of ether oxygens (including phenoxy) is 1. The Morgan fingerprint density at radius 2 is 1.92 bits per heavy atom. The van der Waals surface area contributed by atoms with Gasteiger partial charge in [0.15, 0.2) is 23.6 Å². The lowest BCUT2D eigenvalue weighted by molar-refractivity contribution is -0.123. The third kappa shape index (κ3) is 4.19. The molecule has 4 nitrogen and oxygen atoms in total. The first-order valence-corrected chi connectivity index (χ1v) is 8.30. The molecule has 1 N–H and O–H groups in total. The van der Waals surface area contributed by atoms with Crippen molar-refractivity contribution >= 4 is 28.9 Å². The van der Waals surface area contributed by atoms with E-state index in [1.165, 1.54) is 18.3 Å². The maximum absolute atomic E-state index is 13.6. The van der Waals surface area contributed by atoms with E-state index in [1.54, 1.807) is 6.07 Å². The van der Waals surface area contributed by atoms with Crippen molar-refractivity contribution in [3.8, 4) is 0 Å². The molecule has 2 aromatic rings. The number of hydrogen-bond acceptors (Lipinski definition) is 4. The highest BCUT2D eigenvalue weighted by atomic mass is 32.1. The number of esters is 1. The van der Waals surface area contributed by atoms with Gasteiger partial charge in [0, 0.05) is 4.88 Å². The molecular weight excluding hydrogens is 355 g/mol. The predicted octanol–water partition coefficient (Wildman–Crippen LogP) is 4.22. The van der Waals surface area contributed by atoms with E-state index in [-0.39, 0.29) is 0 Å². The van der Waals surface area contributed by atoms with E-state index in [9.17, 15) is 22.8 Å². The average molecular weight is 371 g/mol. The molecule has 0 fully saturated rings. The molecule has 1 aromatic heterocycles. The van der Waals surface area contributed by atoms with Crippen LogP contribution in [0.2, 0.25) is 0 Å². The number of halogens is 3. The second-order valence-corrected chi connectivity index (χ2v) is 6.47. The lowest BCUT2D eigenvalue weighted by atomic mass is 10.2. The van der Waals surface area contributed by atoms with E-state index in [0.717, 1.165) is 22.9 Å². The van der Waals surface area contributed by atoms with Gasteiger partial charge in [0.1, 0.15) is 4.88 Å². The first-order valence-electron chi connectivity index (χ1n) is 7.49. The van der Waals surface area contributed by atoms with Gasteiger partial charge >= 0.3 is 5.97 Å². The normalized spacial score (nSPS) is 11.9. The summed E-state index contributed by atoms with van der Waals surface area (Å²) in [6.45, 7) is 5.13. The van der Waals surface area contributed by atoms with Gasteiger partial charge in [-0.1, -0.05) is 6.92 Å². The molecule has 2 rings (SSSR count). The summed E-state index contributed by atoms with van der Waals surface area (Å²) in [6, 6.07) is 3.24. The standard InChI is InChI=1S/C17H16F3NO3S/c1-4-12-8(2)7-13(25-12)17(23)24-9(3)16(22)21-11-6-5-10(18)14(19)15(11)20/h5-7,9H,4H2,1-3H3,(H,21,22). The highest BCUT2D eigenvalue weighted by molar-refractivity contribution is 7.14. The number of hydrogen-bond donors (Lipinski definition) is 1. The fourth-order valence-electron chi connectivity index (χ4n) is 2.10. The highest BCUT2D eigenvalue weighted by Gasteiger charge is 2.23. The number of rotatable bonds is 5. The van der Waals surface area contributed by atoms with Crippen LogP contribution in [0.3, 0.4) is 0 Å². The van der Waals surface area contributed by atoms with E-state index in [2.05, 4.69) is 5.32 Å². The molecule has 1 amide bonds. The minimum Gasteiger partial charge on any atom is -0.448 e. The fourth-order valence-corrected chi connectivity index (χ4v) is 3.10. The van der Waals surface area contributed by atoms with Crippen molar-refractivity contribution in [1.82, 2.24) is 0 Å². The molecule has 8 heteroatoms. The maximum Gasteiger partial charge on any atom is 0.349 e. The molecule has 0 aliphatic carbocycles. The molecule has 0 saturated heterocycles. The summed E-state index contributed by atoms with van der Waals surface area (Å²) in [4.78, 5) is 25.5. The Morgan fingerprint density at radius 3 is 2.52 bits per heavy atom. The number of benzene rings is 1. The maximum atomic E-state index is 13.6. The van der Waals surface area contributed by atoms with Crippen LogP contribution < -0.4 is 5.32 Å². The number of thiophene rings is 1. The van der Waals surface area contributed by atoms with Gasteiger partial charge in [0.05, 0.1) is 5.69 Å². The fraction of sp³-hybridized carbons (Fsp3) is 0.294. The lowest BCUT2D eigenvalue weighted by Gasteiger charge is -2.13. The molecular formula is C17H16F3NO3S. The largest absolute Gasteiger partial charge is 0.448 e. The average Bonchev–Trinajstić information content (AvgIpc) is 2.96. The molecule has 1 unspecified atom stereocenters. The zero-order valence-corrected chi connectivity index (χ0v) is 14.6. The van der Waals surface area contributed by atoms with Crippen LogP contribution in [-0.2, 0) is 16.0 Å². The smallest absolute Gasteiger partial charge is 0.349 e. The van der Waals surface area contributed by atoms with Crippen LogP contribution in [0, 0.1) is 24.4 Å². The quantitative estimate of drug-likeness (QED) is 0.632. The number of carbonyl (C=O) groups is 2. The number of nitrogens with one attached hydrogen (secondary N) is 1. The van der Waals surface area contributed by atoms with Crippen molar-refractivity contribution in [2.24, 2.45) is 0 Å². The molecule has 0 bridgehead atoms. The van der Waals surface area contributed by atoms with Gasteiger partial charge in [0.2, 0.25) is 0 Å². The third-order valence-corrected chi connectivity index (χ3v) is 4.85. The van der Waals surface area contributed by atoms with Crippen molar-refractivity contribution in [3.05, 3.63) is 51.0 Å². The van der Waals surface area contributed by atoms with E-state index >= 15 is 0 Å². The molecule has 1 heterocycles. The summed E-state index contributed by atoms with van der Waals surface area (Å²) in [6.07, 6.45) is -0.470. The van der Waals surface area contributed by atoms with Gasteiger partial charge in [-0.3, -0.25) is 4.79 Å². The van der Waals surface area contributed by atoms with Crippen molar-refractivity contribution in [2.75, 3.05) is 5.32 Å². The summed E-state index contributed by atoms with van der Waals surface area (Å²) in [5.41, 5.74) is 0.424. The minimum absolute atomic E-state index is 0.355. The van der Waals surface area contributed by atoms with Crippen molar-refractivity contribution in [1.29, 1.82) is 0 Å². The van der Waals surface area contributed by atoms with Gasteiger partial charge in [-0.15, -0.1) is 11.3 Å². The summed E-state index contributed by atoms with van der Waals surface area (Å²) in [7, 11) is 0. The molecule has 1 atom stereocenters. The van der Waals surface area contributed by atoms with Crippen LogP contribution in [0.5, 0.6) is 0 Å². The highest BCUT2D eigenvalue weighted by Crippen LogP contribution is 2.24. The van der Waals surface area contributed by atoms with Crippen molar-refractivity contribution in [3.63, 3.8) is 0 Å². The molecule has 134 valence electrons. The number of amides is 1. The van der Waals surface area contributed by atoms with Crippen LogP contribution in [-0.4, -0.2) is 18.0 Å². The molecule has 1 aromatic carbocycles. The monoisotopic (exact) mass is 371 g/mol. The Bertz CT molecular complexity index is 820. The first kappa shape index (κ1) is 19.0. The lowest BCUT2D eigenvalue weighted by Crippen LogP contribution is -2.30. The summed E-state index contributed by atoms with van der Waals surface area (Å²) in [5.74, 6) is -6.12. The van der Waals surface area contributed by atoms with Gasteiger partial charge in [0.25, 0.3) is 5.91 Å². The van der Waals surface area contributed by atoms with Crippen LogP contribution in [0.4, 0.5) is 18.9 Å². The second kappa shape index (κ2) is 7.69. The van der Waals surface area contributed by atoms with Gasteiger partial charge < -0.3 is 10.1 Å². The van der Waals surface area contributed by atoms with Crippen LogP contribution in [0.1, 0.15) is 34.0 Å². The van der Waals surface area contributed by atoms with Crippen molar-refractivity contribution in [2.45, 2.75) is 33.3 Å². The van der Waals surface area contributed by atoms with Gasteiger partial charge in [-0.25, -0.2) is 18.0 Å². The van der Waals surface area contributed by atoms with Gasteiger partial charge in [-0.2, -0.15) is 0 Å². The van der Waals surface area contributed by atoms with E-state index in [4.69, 9.17) is 4.74 Å². The number of anilines is 1. The molecule has 0 spiro atoms. The van der Waals surface area contributed by atoms with E-state index in [1.807, 2.05) is 13.8 Å². The van der Waals surface area contributed by atoms with E-state index in [0.29, 0.717) is 10.9 Å². The Kier molecular flexibility index (Phi) is 5.84. The van der Waals surface area contributed by atoms with Crippen LogP contribution in [0.15, 0.2) is 18.2 Å². The second-order valence-electron chi connectivity index (χ2n) is 5.33. The SMILES string of the molecule is CCc1sc(C(=O)OC(C)C(=O)Nc2ccc(F)c(F)c2F)cc1C. The number of aryl methyl sites for hydroxylation is 2. The predicted molar refractivity (Wildman–Crippen MR) is 88.3 cm³/mol. The number of carbonyl (C=O) groups excluding carboxylic acids is 2. The van der Waals surface area contributed by atoms with Crippen molar-refractivity contribution < 1.29 is 27.5 Å². The molecule has 0 saturated carbocycles. The Labute approximate surface area is 146 Å². The molecule has 0 aliphatic heterocycles. The van der Waals surface area contributed by atoms with Gasteiger partial charge in [-0.05, 0) is 44.0 Å². The van der Waals surface area contributed by atoms with E-state index < -0.39 is 41.1 Å². The Morgan fingerprint density at radius 1 is 1.24 bits per heavy atom. The molecule has 0 radical (unpaired) electrons. The summed E-state index contributed by atoms with van der Waals surface area (Å²) in [5, 5.41) is 2.07. The molecule has 25 heavy (non-hydrogen) atoms. The zero-order chi connectivity index (χ0) is 18.7. The summed E-state index contributed by atoms with van der Waals surface area (Å²) < 4.78 is 44.7. The zero-order valence-electron chi connectivity index (χ0n) is 13.8. The topological polar surface area (TPSA) is 55.4 Å². The molecule has 0 aliphatic rings. The Balaban J connectivity index is 2.05. The third-order valence-electron chi connectivity index (χ3n) is 3.49.